The van der Waals surface area contributed by atoms with Crippen LogP contribution in [-0.4, -0.2) is 23.9 Å². The van der Waals surface area contributed by atoms with Crippen LogP contribution in [0.3, 0.4) is 0 Å². The molecule has 0 fully saturated rings. The molecule has 0 heterocycles. The van der Waals surface area contributed by atoms with Crippen LogP contribution in [0.5, 0.6) is 0 Å². The molecule has 1 rings (SSSR count). The van der Waals surface area contributed by atoms with E-state index in [1.807, 2.05) is 0 Å². The van der Waals surface area contributed by atoms with Gasteiger partial charge in [0.2, 0.25) is 5.91 Å². The van der Waals surface area contributed by atoms with Gasteiger partial charge < -0.3 is 10.6 Å². The van der Waals surface area contributed by atoms with Crippen LogP contribution in [0.15, 0.2) is 24.3 Å². The molecule has 0 atom stereocenters. The average Bonchev–Trinajstić information content (AvgIpc) is 2.38. The first kappa shape index (κ1) is 19.4. The summed E-state index contributed by atoms with van der Waals surface area (Å²) in [6.45, 7) is 1.45. The summed E-state index contributed by atoms with van der Waals surface area (Å²) in [5, 5.41) is 2.52. The minimum Gasteiger partial charge on any atom is -0.348 e. The van der Waals surface area contributed by atoms with Gasteiger partial charge in [0, 0.05) is 17.1 Å². The van der Waals surface area contributed by atoms with Crippen molar-refractivity contribution < 1.29 is 31.1 Å². The molecule has 3 nitrogen and oxygen atoms in total. The van der Waals surface area contributed by atoms with E-state index in [4.69, 9.17) is 11.6 Å². The SMILES string of the molecule is CCCC(=O)NC(Nc1ccc(Cl)cc1)(C(F)(F)F)C(F)(F)F. The number of halogens is 7. The first-order valence-corrected chi connectivity index (χ1v) is 6.79. The zero-order chi connectivity index (χ0) is 17.9. The molecule has 10 heteroatoms. The van der Waals surface area contributed by atoms with Gasteiger partial charge >= 0.3 is 18.0 Å². The number of alkyl halides is 6. The number of rotatable bonds is 5. The molecule has 0 aliphatic heterocycles. The van der Waals surface area contributed by atoms with Gasteiger partial charge in [0.25, 0.3) is 0 Å². The normalized spacial score (nSPS) is 12.9. The van der Waals surface area contributed by atoms with E-state index in [2.05, 4.69) is 0 Å². The van der Waals surface area contributed by atoms with Crippen LogP contribution in [0.25, 0.3) is 0 Å². The molecule has 2 N–H and O–H groups in total. The second-order valence-corrected chi connectivity index (χ2v) is 5.11. The molecule has 0 unspecified atom stereocenters. The van der Waals surface area contributed by atoms with Crippen molar-refractivity contribution >= 4 is 23.2 Å². The Morgan fingerprint density at radius 2 is 1.52 bits per heavy atom. The maximum Gasteiger partial charge on any atom is 0.439 e. The Bertz CT molecular complexity index is 527. The van der Waals surface area contributed by atoms with Gasteiger partial charge in [-0.15, -0.1) is 0 Å². The smallest absolute Gasteiger partial charge is 0.348 e. The van der Waals surface area contributed by atoms with E-state index in [1.165, 1.54) is 12.2 Å². The predicted molar refractivity (Wildman–Crippen MR) is 73.0 cm³/mol. The van der Waals surface area contributed by atoms with E-state index in [0.717, 1.165) is 29.6 Å². The lowest BCUT2D eigenvalue weighted by molar-refractivity contribution is -0.295. The van der Waals surface area contributed by atoms with E-state index in [1.54, 1.807) is 0 Å². The Morgan fingerprint density at radius 3 is 1.91 bits per heavy atom. The van der Waals surface area contributed by atoms with Crippen LogP contribution >= 0.6 is 11.6 Å². The zero-order valence-electron chi connectivity index (χ0n) is 11.8. The second-order valence-electron chi connectivity index (χ2n) is 4.68. The lowest BCUT2D eigenvalue weighted by Gasteiger charge is -2.39. The largest absolute Gasteiger partial charge is 0.439 e. The molecule has 23 heavy (non-hydrogen) atoms. The fourth-order valence-corrected chi connectivity index (χ4v) is 1.85. The number of benzene rings is 1. The topological polar surface area (TPSA) is 41.1 Å². The fourth-order valence-electron chi connectivity index (χ4n) is 1.72. The molecule has 0 aliphatic rings. The van der Waals surface area contributed by atoms with Crippen molar-refractivity contribution in [2.24, 2.45) is 0 Å². The van der Waals surface area contributed by atoms with Crippen LogP contribution in [0, 0.1) is 0 Å². The number of anilines is 1. The lowest BCUT2D eigenvalue weighted by Crippen LogP contribution is -2.72. The van der Waals surface area contributed by atoms with Gasteiger partial charge in [-0.25, -0.2) is 0 Å². The average molecular weight is 363 g/mol. The highest BCUT2D eigenvalue weighted by atomic mass is 35.5. The molecule has 1 amide bonds. The third-order valence-corrected chi connectivity index (χ3v) is 3.08. The standard InChI is InChI=1S/C13H13ClF6N2O/c1-2-3-10(23)22-11(12(15,16)17,13(18,19)20)21-9-6-4-8(14)5-7-9/h4-7,21H,2-3H2,1H3,(H,22,23). The maximum absolute atomic E-state index is 13.2. The summed E-state index contributed by atoms with van der Waals surface area (Å²) >= 11 is 5.55. The number of hydrogen-bond donors (Lipinski definition) is 2. The summed E-state index contributed by atoms with van der Waals surface area (Å²) in [6, 6.07) is 4.13. The molecule has 0 saturated heterocycles. The number of hydrogen-bond acceptors (Lipinski definition) is 2. The van der Waals surface area contributed by atoms with Crippen LogP contribution in [0.1, 0.15) is 19.8 Å². The number of nitrogens with one attached hydrogen (secondary N) is 2. The van der Waals surface area contributed by atoms with E-state index >= 15 is 0 Å². The van der Waals surface area contributed by atoms with Crippen LogP contribution in [-0.2, 0) is 4.79 Å². The van der Waals surface area contributed by atoms with Gasteiger partial charge in [0.1, 0.15) is 0 Å². The van der Waals surface area contributed by atoms with E-state index in [9.17, 15) is 31.1 Å². The summed E-state index contributed by atoms with van der Waals surface area (Å²) in [6.07, 6.45) is -12.0. The zero-order valence-corrected chi connectivity index (χ0v) is 12.5. The minimum absolute atomic E-state index is 0.0958. The fraction of sp³-hybridized carbons (Fsp3) is 0.462. The molecule has 1 aromatic carbocycles. The van der Waals surface area contributed by atoms with Crippen molar-refractivity contribution in [3.05, 3.63) is 29.3 Å². The molecule has 0 saturated carbocycles. The van der Waals surface area contributed by atoms with Crippen molar-refractivity contribution in [2.75, 3.05) is 5.32 Å². The second kappa shape index (κ2) is 6.86. The molecule has 1 aromatic rings. The Morgan fingerprint density at radius 1 is 1.04 bits per heavy atom. The maximum atomic E-state index is 13.2. The summed E-state index contributed by atoms with van der Waals surface area (Å²) in [5.41, 5.74) is -5.10. The van der Waals surface area contributed by atoms with Gasteiger partial charge in [-0.3, -0.25) is 4.79 Å². The van der Waals surface area contributed by atoms with E-state index < -0.39 is 36.0 Å². The third-order valence-electron chi connectivity index (χ3n) is 2.83. The number of amides is 1. The molecule has 0 radical (unpaired) electrons. The summed E-state index contributed by atoms with van der Waals surface area (Å²) < 4.78 is 79.3. The minimum atomic E-state index is -5.83. The van der Waals surface area contributed by atoms with Crippen molar-refractivity contribution in [1.82, 2.24) is 5.32 Å². The van der Waals surface area contributed by atoms with Gasteiger partial charge in [0.15, 0.2) is 0 Å². The van der Waals surface area contributed by atoms with Gasteiger partial charge in [-0.1, -0.05) is 18.5 Å². The van der Waals surface area contributed by atoms with Crippen molar-refractivity contribution in [1.29, 1.82) is 0 Å². The highest BCUT2D eigenvalue weighted by Gasteiger charge is 2.72. The van der Waals surface area contributed by atoms with Crippen molar-refractivity contribution in [2.45, 2.75) is 37.8 Å². The first-order valence-electron chi connectivity index (χ1n) is 6.41. The van der Waals surface area contributed by atoms with Gasteiger partial charge in [-0.2, -0.15) is 26.3 Å². The van der Waals surface area contributed by atoms with Crippen LogP contribution < -0.4 is 10.6 Å². The highest BCUT2D eigenvalue weighted by molar-refractivity contribution is 6.30. The molecular formula is C13H13ClF6N2O. The summed E-state index contributed by atoms with van der Waals surface area (Å²) in [7, 11) is 0. The Kier molecular flexibility index (Phi) is 5.79. The molecule has 0 bridgehead atoms. The van der Waals surface area contributed by atoms with E-state index in [0.29, 0.717) is 0 Å². The summed E-state index contributed by atoms with van der Waals surface area (Å²) in [4.78, 5) is 11.4. The molecule has 130 valence electrons. The first-order chi connectivity index (χ1) is 10.4. The predicted octanol–water partition coefficient (Wildman–Crippen LogP) is 4.49. The van der Waals surface area contributed by atoms with Crippen molar-refractivity contribution in [3.63, 3.8) is 0 Å². The van der Waals surface area contributed by atoms with Crippen LogP contribution in [0.4, 0.5) is 32.0 Å². The lowest BCUT2D eigenvalue weighted by atomic mass is 10.1. The molecule has 0 spiro atoms. The third kappa shape index (κ3) is 4.43. The number of carbonyl (C=O) groups is 1. The summed E-state index contributed by atoms with van der Waals surface area (Å²) in [5.74, 6) is -1.37. The Labute approximate surface area is 133 Å². The Hall–Kier alpha value is -1.64. The van der Waals surface area contributed by atoms with Crippen LogP contribution in [0.2, 0.25) is 5.02 Å². The van der Waals surface area contributed by atoms with Gasteiger partial charge in [-0.05, 0) is 30.7 Å². The van der Waals surface area contributed by atoms with Crippen molar-refractivity contribution in [3.8, 4) is 0 Å². The number of carbonyl (C=O) groups excluding carboxylic acids is 1. The monoisotopic (exact) mass is 362 g/mol. The molecular weight excluding hydrogens is 350 g/mol. The highest BCUT2D eigenvalue weighted by Crippen LogP contribution is 2.43. The Balaban J connectivity index is 3.32. The molecule has 0 aliphatic carbocycles. The van der Waals surface area contributed by atoms with Gasteiger partial charge in [0.05, 0.1) is 0 Å². The molecule has 0 aromatic heterocycles. The quantitative estimate of drug-likeness (QED) is 0.598. The van der Waals surface area contributed by atoms with E-state index in [-0.39, 0.29) is 11.4 Å².